The Labute approximate surface area is 143 Å². The molecule has 1 saturated heterocycles. The number of hydrogen-bond acceptors (Lipinski definition) is 4. The molecule has 24 heavy (non-hydrogen) atoms. The molecule has 0 aliphatic carbocycles. The van der Waals surface area contributed by atoms with Gasteiger partial charge >= 0.3 is 0 Å². The van der Waals surface area contributed by atoms with Gasteiger partial charge in [-0.3, -0.25) is 9.59 Å². The van der Waals surface area contributed by atoms with Gasteiger partial charge in [0.15, 0.2) is 5.16 Å². The Balaban J connectivity index is 1.75. The van der Waals surface area contributed by atoms with Crippen LogP contribution in [0.4, 0.5) is 4.39 Å². The molecule has 2 aromatic rings. The Hall–Kier alpha value is -1.89. The van der Waals surface area contributed by atoms with Crippen LogP contribution in [0.5, 0.6) is 0 Å². The third-order valence-corrected chi connectivity index (χ3v) is 5.35. The maximum Gasteiger partial charge on any atom is 0.259 e. The summed E-state index contributed by atoms with van der Waals surface area (Å²) < 4.78 is 13.2. The molecule has 1 unspecified atom stereocenters. The summed E-state index contributed by atoms with van der Waals surface area (Å²) in [6.45, 7) is 5.59. The van der Waals surface area contributed by atoms with Crippen LogP contribution in [0.15, 0.2) is 28.2 Å². The van der Waals surface area contributed by atoms with Crippen molar-refractivity contribution >= 4 is 28.6 Å². The first-order chi connectivity index (χ1) is 11.4. The Bertz CT molecular complexity index is 815. The molecule has 128 valence electrons. The number of nitrogens with one attached hydrogen (secondary N) is 1. The minimum absolute atomic E-state index is 0.0637. The minimum atomic E-state index is -0.474. The zero-order valence-electron chi connectivity index (χ0n) is 13.7. The molecule has 1 N–H and O–H groups in total. The zero-order chi connectivity index (χ0) is 17.3. The summed E-state index contributed by atoms with van der Waals surface area (Å²) in [5.41, 5.74) is 0.0301. The van der Waals surface area contributed by atoms with E-state index in [-0.39, 0.29) is 16.5 Å². The third kappa shape index (κ3) is 3.61. The molecule has 1 aromatic heterocycles. The van der Waals surface area contributed by atoms with Crippen LogP contribution in [-0.2, 0) is 4.79 Å². The normalized spacial score (nSPS) is 17.2. The largest absolute Gasteiger partial charge is 0.342 e. The summed E-state index contributed by atoms with van der Waals surface area (Å²) in [5, 5.41) is 0.258. The molecule has 1 aliphatic heterocycles. The summed E-state index contributed by atoms with van der Waals surface area (Å²) in [5.74, 6) is 0.253. The first-order valence-electron chi connectivity index (χ1n) is 8.09. The summed E-state index contributed by atoms with van der Waals surface area (Å²) in [4.78, 5) is 33.4. The molecule has 3 rings (SSSR count). The number of carbonyl (C=O) groups excluding carboxylic acids is 1. The zero-order valence-corrected chi connectivity index (χ0v) is 14.5. The van der Waals surface area contributed by atoms with Crippen molar-refractivity contribution in [3.8, 4) is 0 Å². The average molecular weight is 349 g/mol. The van der Waals surface area contributed by atoms with Crippen molar-refractivity contribution in [2.24, 2.45) is 5.92 Å². The number of nitrogens with zero attached hydrogens (tertiary/aromatic N) is 2. The average Bonchev–Trinajstić information content (AvgIpc) is 2.55. The fourth-order valence-corrected chi connectivity index (χ4v) is 3.74. The number of halogens is 1. The number of rotatable bonds is 3. The van der Waals surface area contributed by atoms with Gasteiger partial charge in [-0.1, -0.05) is 18.7 Å². The topological polar surface area (TPSA) is 66.1 Å². The molecule has 1 aliphatic rings. The second-order valence-corrected chi connectivity index (χ2v) is 7.63. The van der Waals surface area contributed by atoms with Gasteiger partial charge in [0.05, 0.1) is 16.2 Å². The van der Waals surface area contributed by atoms with Crippen LogP contribution in [0.2, 0.25) is 0 Å². The van der Waals surface area contributed by atoms with Crippen LogP contribution in [0, 0.1) is 11.7 Å². The molecule has 7 heteroatoms. The van der Waals surface area contributed by atoms with Crippen molar-refractivity contribution in [3.05, 3.63) is 34.4 Å². The number of benzene rings is 1. The highest BCUT2D eigenvalue weighted by atomic mass is 32.2. The highest BCUT2D eigenvalue weighted by Crippen LogP contribution is 2.24. The van der Waals surface area contributed by atoms with Gasteiger partial charge in [0.2, 0.25) is 5.91 Å². The van der Waals surface area contributed by atoms with E-state index < -0.39 is 11.4 Å². The molecular formula is C17H20FN3O2S. The molecule has 1 fully saturated rings. The van der Waals surface area contributed by atoms with Crippen LogP contribution >= 0.6 is 11.8 Å². The second kappa shape index (κ2) is 6.93. The molecular weight excluding hydrogens is 329 g/mol. The van der Waals surface area contributed by atoms with E-state index in [9.17, 15) is 14.0 Å². The Morgan fingerprint density at radius 2 is 2.12 bits per heavy atom. The van der Waals surface area contributed by atoms with E-state index in [4.69, 9.17) is 0 Å². The van der Waals surface area contributed by atoms with Crippen molar-refractivity contribution < 1.29 is 9.18 Å². The Morgan fingerprint density at radius 3 is 2.83 bits per heavy atom. The number of aromatic amines is 1. The highest BCUT2D eigenvalue weighted by Gasteiger charge is 2.25. The van der Waals surface area contributed by atoms with Gasteiger partial charge in [-0.25, -0.2) is 9.37 Å². The van der Waals surface area contributed by atoms with Gasteiger partial charge in [0, 0.05) is 13.1 Å². The van der Waals surface area contributed by atoms with Crippen LogP contribution in [0.3, 0.4) is 0 Å². The number of hydrogen-bond donors (Lipinski definition) is 1. The molecule has 0 saturated carbocycles. The van der Waals surface area contributed by atoms with E-state index in [2.05, 4.69) is 16.9 Å². The molecule has 0 bridgehead atoms. The monoisotopic (exact) mass is 349 g/mol. The SMILES string of the molecule is CC1CCN(C(=O)C(C)Sc2nc3ccc(F)cc3c(=O)[nH]2)CC1. The van der Waals surface area contributed by atoms with E-state index in [0.29, 0.717) is 16.6 Å². The maximum atomic E-state index is 13.2. The summed E-state index contributed by atoms with van der Waals surface area (Å²) >= 11 is 1.23. The van der Waals surface area contributed by atoms with Crippen LogP contribution in [-0.4, -0.2) is 39.1 Å². The number of amides is 1. The van der Waals surface area contributed by atoms with E-state index in [0.717, 1.165) is 25.9 Å². The maximum absolute atomic E-state index is 13.2. The van der Waals surface area contributed by atoms with E-state index in [1.54, 1.807) is 0 Å². The second-order valence-electron chi connectivity index (χ2n) is 6.30. The van der Waals surface area contributed by atoms with Gasteiger partial charge in [-0.15, -0.1) is 0 Å². The van der Waals surface area contributed by atoms with E-state index in [1.807, 2.05) is 11.8 Å². The van der Waals surface area contributed by atoms with Crippen molar-refractivity contribution in [2.75, 3.05) is 13.1 Å². The van der Waals surface area contributed by atoms with Crippen LogP contribution < -0.4 is 5.56 Å². The number of thioether (sulfide) groups is 1. The van der Waals surface area contributed by atoms with Gasteiger partial charge in [0.1, 0.15) is 5.82 Å². The number of fused-ring (bicyclic) bond motifs is 1. The quantitative estimate of drug-likeness (QED) is 0.683. The molecule has 1 aromatic carbocycles. The van der Waals surface area contributed by atoms with Crippen molar-refractivity contribution in [1.82, 2.24) is 14.9 Å². The van der Waals surface area contributed by atoms with E-state index >= 15 is 0 Å². The van der Waals surface area contributed by atoms with E-state index in [1.165, 1.54) is 30.0 Å². The summed E-state index contributed by atoms with van der Waals surface area (Å²) in [7, 11) is 0. The van der Waals surface area contributed by atoms with Gasteiger partial charge in [0.25, 0.3) is 5.56 Å². The predicted octanol–water partition coefficient (Wildman–Crippen LogP) is 2.80. The standard InChI is InChI=1S/C17H20FN3O2S/c1-10-5-7-21(8-6-10)16(23)11(2)24-17-19-14-4-3-12(18)9-13(14)15(22)20-17/h3-4,9-11H,5-8H2,1-2H3,(H,19,20,22). The number of carbonyl (C=O) groups is 1. The highest BCUT2D eigenvalue weighted by molar-refractivity contribution is 8.00. The Morgan fingerprint density at radius 1 is 1.42 bits per heavy atom. The summed E-state index contributed by atoms with van der Waals surface area (Å²) in [6.07, 6.45) is 2.06. The lowest BCUT2D eigenvalue weighted by Crippen LogP contribution is -2.41. The lowest BCUT2D eigenvalue weighted by molar-refractivity contribution is -0.131. The number of likely N-dealkylation sites (tertiary alicyclic amines) is 1. The van der Waals surface area contributed by atoms with Gasteiger partial charge in [-0.2, -0.15) is 0 Å². The first kappa shape index (κ1) is 17.0. The minimum Gasteiger partial charge on any atom is -0.342 e. The smallest absolute Gasteiger partial charge is 0.259 e. The molecule has 5 nitrogen and oxygen atoms in total. The van der Waals surface area contributed by atoms with Crippen molar-refractivity contribution in [2.45, 2.75) is 37.1 Å². The lowest BCUT2D eigenvalue weighted by atomic mass is 9.99. The number of piperidine rings is 1. The van der Waals surface area contributed by atoms with Crippen LogP contribution in [0.25, 0.3) is 10.9 Å². The molecule has 2 heterocycles. The third-order valence-electron chi connectivity index (χ3n) is 4.38. The Kier molecular flexibility index (Phi) is 4.89. The molecule has 1 atom stereocenters. The summed E-state index contributed by atoms with van der Waals surface area (Å²) in [6, 6.07) is 3.91. The van der Waals surface area contributed by atoms with Gasteiger partial charge in [-0.05, 0) is 43.9 Å². The predicted molar refractivity (Wildman–Crippen MR) is 92.6 cm³/mol. The fraction of sp³-hybridized carbons (Fsp3) is 0.471. The number of H-pyrrole nitrogens is 1. The molecule has 0 radical (unpaired) electrons. The molecule has 0 spiro atoms. The molecule has 1 amide bonds. The van der Waals surface area contributed by atoms with Crippen molar-refractivity contribution in [3.63, 3.8) is 0 Å². The number of aromatic nitrogens is 2. The first-order valence-corrected chi connectivity index (χ1v) is 8.97. The lowest BCUT2D eigenvalue weighted by Gasteiger charge is -2.31. The fourth-order valence-electron chi connectivity index (χ4n) is 2.85. The van der Waals surface area contributed by atoms with Crippen LogP contribution in [0.1, 0.15) is 26.7 Å². The van der Waals surface area contributed by atoms with Crippen molar-refractivity contribution in [1.29, 1.82) is 0 Å². The van der Waals surface area contributed by atoms with Gasteiger partial charge < -0.3 is 9.88 Å².